The number of para-hydroxylation sites is 1. The molecule has 0 fully saturated rings. The Morgan fingerprint density at radius 2 is 1.56 bits per heavy atom. The minimum atomic E-state index is 0.0889. The molecular weight excluding hydrogens is 358 g/mol. The second kappa shape index (κ2) is 9.56. The van der Waals surface area contributed by atoms with Crippen LogP contribution in [0.5, 0.6) is 11.5 Å². The number of hydrogen-bond donors (Lipinski definition) is 1. The maximum atomic E-state index is 5.99. The van der Waals surface area contributed by atoms with E-state index in [9.17, 15) is 0 Å². The highest BCUT2D eigenvalue weighted by Gasteiger charge is 2.15. The summed E-state index contributed by atoms with van der Waals surface area (Å²) >= 11 is 5.99. The van der Waals surface area contributed by atoms with Gasteiger partial charge in [0.1, 0.15) is 11.5 Å². The SMILES string of the molecule is CC(C)C(NOCc1cccc(Oc2ccccc2)c1)c1ccc(Cl)cc1. The Morgan fingerprint density at radius 1 is 0.852 bits per heavy atom. The zero-order valence-corrected chi connectivity index (χ0v) is 16.3. The molecule has 27 heavy (non-hydrogen) atoms. The molecule has 0 radical (unpaired) electrons. The third-order valence-electron chi connectivity index (χ3n) is 4.22. The zero-order valence-electron chi connectivity index (χ0n) is 15.6. The van der Waals surface area contributed by atoms with E-state index in [0.717, 1.165) is 27.6 Å². The number of rotatable bonds is 8. The second-order valence-corrected chi connectivity index (χ2v) is 7.18. The molecule has 3 aromatic carbocycles. The highest BCUT2D eigenvalue weighted by molar-refractivity contribution is 6.30. The topological polar surface area (TPSA) is 30.5 Å². The first-order valence-corrected chi connectivity index (χ1v) is 9.44. The minimum Gasteiger partial charge on any atom is -0.457 e. The summed E-state index contributed by atoms with van der Waals surface area (Å²) in [5.74, 6) is 1.98. The number of nitrogens with one attached hydrogen (secondary N) is 1. The molecule has 0 aliphatic rings. The number of hydrogen-bond acceptors (Lipinski definition) is 3. The summed E-state index contributed by atoms with van der Waals surface area (Å²) in [5, 5.41) is 0.734. The van der Waals surface area contributed by atoms with E-state index in [-0.39, 0.29) is 6.04 Å². The maximum absolute atomic E-state index is 5.99. The molecule has 0 saturated carbocycles. The van der Waals surface area contributed by atoms with Gasteiger partial charge >= 0.3 is 0 Å². The number of hydroxylamine groups is 1. The third kappa shape index (κ3) is 5.83. The molecule has 0 aliphatic carbocycles. The second-order valence-electron chi connectivity index (χ2n) is 6.74. The lowest BCUT2D eigenvalue weighted by Gasteiger charge is -2.22. The summed E-state index contributed by atoms with van der Waals surface area (Å²) in [4.78, 5) is 5.79. The minimum absolute atomic E-state index is 0.0889. The van der Waals surface area contributed by atoms with E-state index in [4.69, 9.17) is 21.2 Å². The molecule has 0 bridgehead atoms. The molecule has 1 N–H and O–H groups in total. The predicted molar refractivity (Wildman–Crippen MR) is 110 cm³/mol. The van der Waals surface area contributed by atoms with Crippen LogP contribution >= 0.6 is 11.6 Å². The summed E-state index contributed by atoms with van der Waals surface area (Å²) in [6.07, 6.45) is 0. The third-order valence-corrected chi connectivity index (χ3v) is 4.47. The van der Waals surface area contributed by atoms with Crippen LogP contribution in [-0.4, -0.2) is 0 Å². The van der Waals surface area contributed by atoms with Gasteiger partial charge in [-0.2, -0.15) is 5.48 Å². The first-order valence-electron chi connectivity index (χ1n) is 9.06. The molecule has 0 heterocycles. The Morgan fingerprint density at radius 3 is 2.26 bits per heavy atom. The Hall–Kier alpha value is -2.33. The first-order chi connectivity index (χ1) is 13.1. The van der Waals surface area contributed by atoms with Crippen molar-refractivity contribution in [3.05, 3.63) is 95.0 Å². The van der Waals surface area contributed by atoms with E-state index >= 15 is 0 Å². The van der Waals surface area contributed by atoms with E-state index in [0.29, 0.717) is 12.5 Å². The van der Waals surface area contributed by atoms with Crippen LogP contribution in [0, 0.1) is 5.92 Å². The van der Waals surface area contributed by atoms with Gasteiger partial charge < -0.3 is 4.74 Å². The molecule has 3 rings (SSSR count). The van der Waals surface area contributed by atoms with Crippen molar-refractivity contribution in [1.29, 1.82) is 0 Å². The molecule has 0 aromatic heterocycles. The van der Waals surface area contributed by atoms with Gasteiger partial charge in [-0.25, -0.2) is 0 Å². The van der Waals surface area contributed by atoms with Crippen molar-refractivity contribution in [3.8, 4) is 11.5 Å². The largest absolute Gasteiger partial charge is 0.457 e. The van der Waals surface area contributed by atoms with Crippen molar-refractivity contribution in [2.24, 2.45) is 5.92 Å². The molecule has 0 aliphatic heterocycles. The van der Waals surface area contributed by atoms with E-state index in [1.807, 2.05) is 78.9 Å². The van der Waals surface area contributed by atoms with Crippen molar-refractivity contribution in [3.63, 3.8) is 0 Å². The molecule has 3 nitrogen and oxygen atoms in total. The molecule has 0 amide bonds. The van der Waals surface area contributed by atoms with E-state index in [2.05, 4.69) is 19.3 Å². The van der Waals surface area contributed by atoms with Crippen molar-refractivity contribution >= 4 is 11.6 Å². The summed E-state index contributed by atoms with van der Waals surface area (Å²) in [7, 11) is 0. The van der Waals surface area contributed by atoms with Crippen molar-refractivity contribution in [2.75, 3.05) is 0 Å². The summed E-state index contributed by atoms with van der Waals surface area (Å²) in [5.41, 5.74) is 5.37. The van der Waals surface area contributed by atoms with E-state index in [1.54, 1.807) is 0 Å². The molecule has 140 valence electrons. The van der Waals surface area contributed by atoms with E-state index < -0.39 is 0 Å². The van der Waals surface area contributed by atoms with Crippen LogP contribution in [0.3, 0.4) is 0 Å². The molecule has 0 saturated heterocycles. The Labute approximate surface area is 165 Å². The van der Waals surface area contributed by atoms with Gasteiger partial charge in [-0.1, -0.05) is 67.9 Å². The number of halogens is 1. The van der Waals surface area contributed by atoms with Gasteiger partial charge in [-0.15, -0.1) is 0 Å². The molecular formula is C23H24ClNO2. The first kappa shape index (κ1) is 19.4. The van der Waals surface area contributed by atoms with Gasteiger partial charge in [0.05, 0.1) is 12.6 Å². The van der Waals surface area contributed by atoms with Crippen LogP contribution < -0.4 is 10.2 Å². The monoisotopic (exact) mass is 381 g/mol. The van der Waals surface area contributed by atoms with Gasteiger partial charge in [0.25, 0.3) is 0 Å². The summed E-state index contributed by atoms with van der Waals surface area (Å²) < 4.78 is 5.88. The molecule has 3 aromatic rings. The molecule has 1 unspecified atom stereocenters. The highest BCUT2D eigenvalue weighted by Crippen LogP contribution is 2.24. The quantitative estimate of drug-likeness (QED) is 0.448. The van der Waals surface area contributed by atoms with Gasteiger partial charge in [-0.3, -0.25) is 4.84 Å². The van der Waals surface area contributed by atoms with Crippen molar-refractivity contribution < 1.29 is 9.57 Å². The smallest absolute Gasteiger partial charge is 0.127 e. The lowest BCUT2D eigenvalue weighted by Crippen LogP contribution is -2.26. The van der Waals surface area contributed by atoms with Crippen LogP contribution in [0.25, 0.3) is 0 Å². The van der Waals surface area contributed by atoms with Crippen LogP contribution in [0.4, 0.5) is 0 Å². The van der Waals surface area contributed by atoms with Crippen LogP contribution in [0.1, 0.15) is 31.0 Å². The summed E-state index contributed by atoms with van der Waals surface area (Å²) in [6, 6.07) is 25.6. The average molecular weight is 382 g/mol. The average Bonchev–Trinajstić information content (AvgIpc) is 2.67. The van der Waals surface area contributed by atoms with Crippen LogP contribution in [0.15, 0.2) is 78.9 Å². The van der Waals surface area contributed by atoms with Gasteiger partial charge in [0.2, 0.25) is 0 Å². The predicted octanol–water partition coefficient (Wildman–Crippen LogP) is 6.55. The molecule has 1 atom stereocenters. The normalized spacial score (nSPS) is 12.1. The van der Waals surface area contributed by atoms with Gasteiger partial charge in [0, 0.05) is 5.02 Å². The lowest BCUT2D eigenvalue weighted by atomic mass is 9.97. The van der Waals surface area contributed by atoms with Gasteiger partial charge in [-0.05, 0) is 53.4 Å². The van der Waals surface area contributed by atoms with Crippen LogP contribution in [-0.2, 0) is 11.4 Å². The Balaban J connectivity index is 1.59. The lowest BCUT2D eigenvalue weighted by molar-refractivity contribution is -0.00784. The van der Waals surface area contributed by atoms with Gasteiger partial charge in [0.15, 0.2) is 0 Å². The van der Waals surface area contributed by atoms with Crippen molar-refractivity contribution in [2.45, 2.75) is 26.5 Å². The Bertz CT molecular complexity index is 835. The highest BCUT2D eigenvalue weighted by atomic mass is 35.5. The standard InChI is InChI=1S/C23H24ClNO2/c1-17(2)23(19-11-13-20(24)14-12-19)25-26-16-18-7-6-10-22(15-18)27-21-8-4-3-5-9-21/h3-15,17,23,25H,16H2,1-2H3. The fraction of sp³-hybridized carbons (Fsp3) is 0.217. The van der Waals surface area contributed by atoms with Crippen LogP contribution in [0.2, 0.25) is 5.02 Å². The fourth-order valence-electron chi connectivity index (χ4n) is 2.80. The fourth-order valence-corrected chi connectivity index (χ4v) is 2.92. The maximum Gasteiger partial charge on any atom is 0.127 e. The number of benzene rings is 3. The number of ether oxygens (including phenoxy) is 1. The zero-order chi connectivity index (χ0) is 19.1. The molecule has 4 heteroatoms. The van der Waals surface area contributed by atoms with Crippen molar-refractivity contribution in [1.82, 2.24) is 5.48 Å². The summed E-state index contributed by atoms with van der Waals surface area (Å²) in [6.45, 7) is 4.76. The Kier molecular flexibility index (Phi) is 6.88. The van der Waals surface area contributed by atoms with E-state index in [1.165, 1.54) is 0 Å². The molecule has 0 spiro atoms.